The van der Waals surface area contributed by atoms with E-state index in [9.17, 15) is 0 Å². The molecule has 0 amide bonds. The molecule has 1 aliphatic carbocycles. The van der Waals surface area contributed by atoms with Crippen LogP contribution < -0.4 is 4.90 Å². The Balaban J connectivity index is 1.30. The van der Waals surface area contributed by atoms with Gasteiger partial charge in [0.2, 0.25) is 0 Å². The molecule has 2 heteroatoms. The van der Waals surface area contributed by atoms with Gasteiger partial charge in [-0.3, -0.25) is 4.90 Å². The molecule has 5 rings (SSSR count). The van der Waals surface area contributed by atoms with Crippen molar-refractivity contribution >= 4 is 5.69 Å². The van der Waals surface area contributed by atoms with Crippen LogP contribution in [0.2, 0.25) is 0 Å². The van der Waals surface area contributed by atoms with Gasteiger partial charge in [0.1, 0.15) is 0 Å². The summed E-state index contributed by atoms with van der Waals surface area (Å²) in [5.74, 6) is 0. The number of fused-ring (bicyclic) bond motifs is 3. The quantitative estimate of drug-likeness (QED) is 0.591. The minimum atomic E-state index is 0.787. The minimum Gasteiger partial charge on any atom is -0.368 e. The molecule has 0 unspecified atom stereocenters. The Kier molecular flexibility index (Phi) is 5.95. The lowest BCUT2D eigenvalue weighted by Crippen LogP contribution is -2.60. The first kappa shape index (κ1) is 19.0. The number of benzene rings is 1. The summed E-state index contributed by atoms with van der Waals surface area (Å²) in [6, 6.07) is 12.6. The van der Waals surface area contributed by atoms with Gasteiger partial charge in [0, 0.05) is 36.4 Å². The molecular formula is C26H40N2. The second-order valence-corrected chi connectivity index (χ2v) is 10.1. The Labute approximate surface area is 172 Å². The van der Waals surface area contributed by atoms with Gasteiger partial charge in [-0.1, -0.05) is 69.6 Å². The average Bonchev–Trinajstić information content (AvgIpc) is 3.15. The number of hydrogen-bond acceptors (Lipinski definition) is 2. The monoisotopic (exact) mass is 380 g/mol. The van der Waals surface area contributed by atoms with Gasteiger partial charge >= 0.3 is 0 Å². The zero-order valence-electron chi connectivity index (χ0n) is 17.8. The lowest BCUT2D eigenvalue weighted by Gasteiger charge is -2.54. The molecule has 3 aliphatic heterocycles. The van der Waals surface area contributed by atoms with Crippen LogP contribution >= 0.6 is 0 Å². The Morgan fingerprint density at radius 3 is 1.93 bits per heavy atom. The Morgan fingerprint density at radius 1 is 0.607 bits per heavy atom. The van der Waals surface area contributed by atoms with Crippen LogP contribution in [0.25, 0.3) is 0 Å². The fourth-order valence-corrected chi connectivity index (χ4v) is 7.07. The highest BCUT2D eigenvalue weighted by Crippen LogP contribution is 2.42. The Hall–Kier alpha value is -1.02. The smallest absolute Gasteiger partial charge is 0.0402 e. The maximum absolute atomic E-state index is 3.09. The first-order chi connectivity index (χ1) is 13.9. The molecule has 154 valence electrons. The number of para-hydroxylation sites is 1. The van der Waals surface area contributed by atoms with Crippen molar-refractivity contribution in [2.24, 2.45) is 0 Å². The molecule has 1 aromatic rings. The standard InChI is InChI=1S/C26H40N2/c1-2-4-6-12-22(13-7-5-3-1)28-23-14-10-15-24(28)20-25(19-23)27-18-17-21-11-8-9-16-26(21)27/h8-9,11,16,22-25H,1-7,10,12-15,17-20H2/t23-,24+,25+. The number of anilines is 1. The molecule has 3 fully saturated rings. The summed E-state index contributed by atoms with van der Waals surface area (Å²) in [6.45, 7) is 1.26. The van der Waals surface area contributed by atoms with Gasteiger partial charge in [-0.25, -0.2) is 0 Å². The van der Waals surface area contributed by atoms with Gasteiger partial charge in [0.15, 0.2) is 0 Å². The predicted molar refractivity (Wildman–Crippen MR) is 119 cm³/mol. The first-order valence-electron chi connectivity index (χ1n) is 12.5. The van der Waals surface area contributed by atoms with Crippen molar-refractivity contribution in [3.8, 4) is 0 Å². The van der Waals surface area contributed by atoms with E-state index in [1.54, 1.807) is 11.3 Å². The van der Waals surface area contributed by atoms with E-state index >= 15 is 0 Å². The summed E-state index contributed by atoms with van der Waals surface area (Å²) in [4.78, 5) is 5.88. The molecule has 0 radical (unpaired) electrons. The Morgan fingerprint density at radius 2 is 1.21 bits per heavy atom. The number of rotatable bonds is 2. The molecule has 1 aromatic carbocycles. The molecule has 2 nitrogen and oxygen atoms in total. The fourth-order valence-electron chi connectivity index (χ4n) is 7.07. The van der Waals surface area contributed by atoms with Crippen LogP contribution in [-0.4, -0.2) is 35.6 Å². The maximum Gasteiger partial charge on any atom is 0.0402 e. The van der Waals surface area contributed by atoms with Crippen molar-refractivity contribution in [2.75, 3.05) is 11.4 Å². The van der Waals surface area contributed by atoms with Crippen molar-refractivity contribution in [3.63, 3.8) is 0 Å². The van der Waals surface area contributed by atoms with Crippen LogP contribution in [0.5, 0.6) is 0 Å². The highest BCUT2D eigenvalue weighted by molar-refractivity contribution is 5.58. The zero-order valence-corrected chi connectivity index (χ0v) is 17.8. The highest BCUT2D eigenvalue weighted by atomic mass is 15.3. The van der Waals surface area contributed by atoms with Crippen molar-refractivity contribution in [1.82, 2.24) is 4.90 Å². The van der Waals surface area contributed by atoms with Gasteiger partial charge in [-0.2, -0.15) is 0 Å². The van der Waals surface area contributed by atoms with Crippen LogP contribution in [0.4, 0.5) is 5.69 Å². The van der Waals surface area contributed by atoms with E-state index in [1.165, 1.54) is 103 Å². The van der Waals surface area contributed by atoms with E-state index in [-0.39, 0.29) is 0 Å². The molecule has 0 N–H and O–H groups in total. The summed E-state index contributed by atoms with van der Waals surface area (Å²) >= 11 is 0. The van der Waals surface area contributed by atoms with Gasteiger partial charge in [0.05, 0.1) is 0 Å². The van der Waals surface area contributed by atoms with Crippen LogP contribution in [0.15, 0.2) is 24.3 Å². The number of nitrogens with zero attached hydrogens (tertiary/aromatic N) is 2. The minimum absolute atomic E-state index is 0.787. The van der Waals surface area contributed by atoms with Gasteiger partial charge < -0.3 is 4.90 Å². The van der Waals surface area contributed by atoms with E-state index in [2.05, 4.69) is 34.1 Å². The third-order valence-electron chi connectivity index (χ3n) is 8.37. The van der Waals surface area contributed by atoms with E-state index in [4.69, 9.17) is 0 Å². The number of piperidine rings is 2. The van der Waals surface area contributed by atoms with Gasteiger partial charge in [0.25, 0.3) is 0 Å². The summed E-state index contributed by atoms with van der Waals surface area (Å²) < 4.78 is 0. The van der Waals surface area contributed by atoms with Gasteiger partial charge in [-0.05, 0) is 56.6 Å². The van der Waals surface area contributed by atoms with Crippen LogP contribution in [0.3, 0.4) is 0 Å². The van der Waals surface area contributed by atoms with Crippen LogP contribution in [-0.2, 0) is 6.42 Å². The molecule has 0 aromatic heterocycles. The first-order valence-corrected chi connectivity index (χ1v) is 12.5. The third-order valence-corrected chi connectivity index (χ3v) is 8.37. The van der Waals surface area contributed by atoms with Crippen molar-refractivity contribution in [2.45, 2.75) is 120 Å². The SMILES string of the molecule is c1ccc2c(c1)CCN2[C@H]1C[C@H]2CCC[C@@H](C1)N2C1CCCCCCCCC1. The van der Waals surface area contributed by atoms with Gasteiger partial charge in [-0.15, -0.1) is 0 Å². The van der Waals surface area contributed by atoms with Crippen molar-refractivity contribution in [1.29, 1.82) is 0 Å². The zero-order chi connectivity index (χ0) is 18.8. The average molecular weight is 381 g/mol. The highest BCUT2D eigenvalue weighted by Gasteiger charge is 2.43. The molecule has 2 bridgehead atoms. The summed E-state index contributed by atoms with van der Waals surface area (Å²) in [5.41, 5.74) is 3.14. The molecule has 3 atom stereocenters. The molecule has 28 heavy (non-hydrogen) atoms. The lowest BCUT2D eigenvalue weighted by molar-refractivity contribution is -0.0137. The molecule has 1 saturated carbocycles. The van der Waals surface area contributed by atoms with E-state index in [0.717, 1.165) is 24.2 Å². The molecule has 4 aliphatic rings. The van der Waals surface area contributed by atoms with E-state index in [1.807, 2.05) is 0 Å². The Bertz CT molecular complexity index is 617. The summed E-state index contributed by atoms with van der Waals surface area (Å²) in [6.07, 6.45) is 21.8. The van der Waals surface area contributed by atoms with E-state index in [0.29, 0.717) is 0 Å². The second-order valence-electron chi connectivity index (χ2n) is 10.1. The summed E-state index contributed by atoms with van der Waals surface area (Å²) in [5, 5.41) is 0. The van der Waals surface area contributed by atoms with Crippen molar-refractivity contribution < 1.29 is 0 Å². The summed E-state index contributed by atoms with van der Waals surface area (Å²) in [7, 11) is 0. The number of hydrogen-bond donors (Lipinski definition) is 0. The van der Waals surface area contributed by atoms with Crippen LogP contribution in [0, 0.1) is 0 Å². The normalized spacial score (nSPS) is 32.9. The second kappa shape index (κ2) is 8.78. The third kappa shape index (κ3) is 3.86. The largest absolute Gasteiger partial charge is 0.368 e. The molecular weight excluding hydrogens is 340 g/mol. The fraction of sp³-hybridized carbons (Fsp3) is 0.769. The molecule has 0 spiro atoms. The van der Waals surface area contributed by atoms with E-state index < -0.39 is 0 Å². The molecule has 3 heterocycles. The van der Waals surface area contributed by atoms with Crippen molar-refractivity contribution in [3.05, 3.63) is 29.8 Å². The lowest BCUT2D eigenvalue weighted by atomic mass is 9.78. The predicted octanol–water partition coefficient (Wildman–Crippen LogP) is 6.33. The topological polar surface area (TPSA) is 6.48 Å². The molecule has 2 saturated heterocycles. The van der Waals surface area contributed by atoms with Crippen LogP contribution in [0.1, 0.15) is 95.5 Å². The maximum atomic E-state index is 3.09.